The van der Waals surface area contributed by atoms with Crippen molar-refractivity contribution in [3.8, 4) is 11.7 Å². The lowest BCUT2D eigenvalue weighted by Crippen LogP contribution is -2.08. The topological polar surface area (TPSA) is 105 Å². The first kappa shape index (κ1) is 13.8. The Bertz CT molecular complexity index is 638. The highest BCUT2D eigenvalue weighted by Gasteiger charge is 2.18. The monoisotopic (exact) mass is 277 g/mol. The summed E-state index contributed by atoms with van der Waals surface area (Å²) in [7, 11) is 1.27. The van der Waals surface area contributed by atoms with E-state index in [0.717, 1.165) is 0 Å². The molecule has 0 fully saturated rings. The molecule has 0 spiro atoms. The Morgan fingerprint density at radius 2 is 2.20 bits per heavy atom. The van der Waals surface area contributed by atoms with Crippen LogP contribution in [0, 0.1) is 6.92 Å². The quantitative estimate of drug-likeness (QED) is 0.821. The molecule has 0 saturated carbocycles. The third kappa shape index (κ3) is 2.40. The molecule has 2 rings (SSSR count). The fourth-order valence-corrected chi connectivity index (χ4v) is 1.69. The molecule has 0 aliphatic carbocycles. The van der Waals surface area contributed by atoms with E-state index in [1.54, 1.807) is 6.92 Å². The standard InChI is InChI=1S/C12H15N5O3/c1-4-20-11-7(2)10(14-6-15-11)17-5-8(13)9(16-17)12(18)19-3/h5-6H,4,13H2,1-3H3. The molecule has 0 unspecified atom stereocenters. The molecule has 8 heteroatoms. The van der Waals surface area contributed by atoms with E-state index in [4.69, 9.17) is 10.5 Å². The van der Waals surface area contributed by atoms with Gasteiger partial charge in [0.25, 0.3) is 0 Å². The predicted molar refractivity (Wildman–Crippen MR) is 70.8 cm³/mol. The van der Waals surface area contributed by atoms with Crippen LogP contribution in [0.4, 0.5) is 5.69 Å². The van der Waals surface area contributed by atoms with Crippen molar-refractivity contribution in [1.82, 2.24) is 19.7 Å². The first-order valence-electron chi connectivity index (χ1n) is 5.96. The van der Waals surface area contributed by atoms with Crippen LogP contribution in [0.2, 0.25) is 0 Å². The molecular weight excluding hydrogens is 262 g/mol. The van der Waals surface area contributed by atoms with Crippen LogP contribution < -0.4 is 10.5 Å². The van der Waals surface area contributed by atoms with E-state index in [1.807, 2.05) is 6.92 Å². The highest BCUT2D eigenvalue weighted by atomic mass is 16.5. The summed E-state index contributed by atoms with van der Waals surface area (Å²) in [6.45, 7) is 4.16. The van der Waals surface area contributed by atoms with Crippen LogP contribution >= 0.6 is 0 Å². The fourth-order valence-electron chi connectivity index (χ4n) is 1.69. The minimum absolute atomic E-state index is 0.0449. The van der Waals surface area contributed by atoms with Crippen molar-refractivity contribution in [3.63, 3.8) is 0 Å². The summed E-state index contributed by atoms with van der Waals surface area (Å²) in [5.74, 6) is 0.356. The average molecular weight is 277 g/mol. The first-order chi connectivity index (χ1) is 9.58. The highest BCUT2D eigenvalue weighted by molar-refractivity contribution is 5.92. The second-order valence-corrected chi connectivity index (χ2v) is 3.93. The van der Waals surface area contributed by atoms with Gasteiger partial charge in [0.2, 0.25) is 5.88 Å². The molecular formula is C12H15N5O3. The van der Waals surface area contributed by atoms with Crippen molar-refractivity contribution in [1.29, 1.82) is 0 Å². The van der Waals surface area contributed by atoms with E-state index in [9.17, 15) is 4.79 Å². The Morgan fingerprint density at radius 3 is 2.85 bits per heavy atom. The van der Waals surface area contributed by atoms with Gasteiger partial charge < -0.3 is 15.2 Å². The number of carbonyl (C=O) groups excluding carboxylic acids is 1. The number of nitrogen functional groups attached to an aromatic ring is 1. The number of nitrogens with two attached hydrogens (primary N) is 1. The Labute approximate surface area is 115 Å². The molecule has 0 aliphatic heterocycles. The molecule has 8 nitrogen and oxygen atoms in total. The number of anilines is 1. The summed E-state index contributed by atoms with van der Waals surface area (Å²) in [6, 6.07) is 0. The molecule has 20 heavy (non-hydrogen) atoms. The van der Waals surface area contributed by atoms with Gasteiger partial charge in [-0.3, -0.25) is 0 Å². The van der Waals surface area contributed by atoms with Crippen molar-refractivity contribution in [2.24, 2.45) is 0 Å². The lowest BCUT2D eigenvalue weighted by atomic mass is 10.3. The summed E-state index contributed by atoms with van der Waals surface area (Å²) < 4.78 is 11.4. The molecule has 2 aromatic heterocycles. The summed E-state index contributed by atoms with van der Waals surface area (Å²) in [5, 5.41) is 4.08. The van der Waals surface area contributed by atoms with Gasteiger partial charge in [0.05, 0.1) is 31.2 Å². The number of hydrogen-bond donors (Lipinski definition) is 1. The number of nitrogens with zero attached hydrogens (tertiary/aromatic N) is 4. The van der Waals surface area contributed by atoms with Crippen LogP contribution in [0.1, 0.15) is 23.0 Å². The highest BCUT2D eigenvalue weighted by Crippen LogP contribution is 2.21. The fraction of sp³-hybridized carbons (Fsp3) is 0.333. The number of rotatable bonds is 4. The molecule has 0 bridgehead atoms. The van der Waals surface area contributed by atoms with Crippen LogP contribution in [0.25, 0.3) is 5.82 Å². The predicted octanol–water partition coefficient (Wildman–Crippen LogP) is 0.738. The van der Waals surface area contributed by atoms with Gasteiger partial charge >= 0.3 is 5.97 Å². The second kappa shape index (κ2) is 5.55. The Morgan fingerprint density at radius 1 is 1.45 bits per heavy atom. The Balaban J connectivity index is 2.47. The van der Waals surface area contributed by atoms with Crippen LogP contribution in [0.5, 0.6) is 5.88 Å². The first-order valence-corrected chi connectivity index (χ1v) is 5.96. The largest absolute Gasteiger partial charge is 0.478 e. The van der Waals surface area contributed by atoms with Gasteiger partial charge in [-0.15, -0.1) is 0 Å². The maximum atomic E-state index is 11.5. The number of hydrogen-bond acceptors (Lipinski definition) is 7. The van der Waals surface area contributed by atoms with E-state index >= 15 is 0 Å². The zero-order chi connectivity index (χ0) is 14.7. The third-order valence-electron chi connectivity index (χ3n) is 2.63. The normalized spacial score (nSPS) is 10.3. The summed E-state index contributed by atoms with van der Waals surface area (Å²) >= 11 is 0. The Hall–Kier alpha value is -2.64. The maximum absolute atomic E-state index is 11.5. The minimum Gasteiger partial charge on any atom is -0.478 e. The second-order valence-electron chi connectivity index (χ2n) is 3.93. The van der Waals surface area contributed by atoms with Crippen molar-refractivity contribution in [2.45, 2.75) is 13.8 Å². The summed E-state index contributed by atoms with van der Waals surface area (Å²) in [6.07, 6.45) is 2.86. The Kier molecular flexibility index (Phi) is 3.83. The molecule has 0 radical (unpaired) electrons. The van der Waals surface area contributed by atoms with Crippen LogP contribution in [-0.4, -0.2) is 39.4 Å². The van der Waals surface area contributed by atoms with Crippen molar-refractivity contribution >= 4 is 11.7 Å². The van der Waals surface area contributed by atoms with E-state index in [-0.39, 0.29) is 11.4 Å². The third-order valence-corrected chi connectivity index (χ3v) is 2.63. The number of esters is 1. The van der Waals surface area contributed by atoms with Gasteiger partial charge in [-0.05, 0) is 13.8 Å². The molecule has 106 valence electrons. The number of ether oxygens (including phenoxy) is 2. The van der Waals surface area contributed by atoms with Crippen LogP contribution in [0.3, 0.4) is 0 Å². The lowest BCUT2D eigenvalue weighted by molar-refractivity contribution is 0.0594. The molecule has 2 aromatic rings. The molecule has 0 aliphatic rings. The van der Waals surface area contributed by atoms with Crippen molar-refractivity contribution in [2.75, 3.05) is 19.5 Å². The van der Waals surface area contributed by atoms with Crippen LogP contribution in [-0.2, 0) is 4.74 Å². The maximum Gasteiger partial charge on any atom is 0.360 e. The average Bonchev–Trinajstić information content (AvgIpc) is 2.82. The van der Waals surface area contributed by atoms with E-state index in [0.29, 0.717) is 23.9 Å². The van der Waals surface area contributed by atoms with Gasteiger partial charge in [0.15, 0.2) is 11.5 Å². The zero-order valence-electron chi connectivity index (χ0n) is 11.5. The molecule has 2 N–H and O–H groups in total. The molecule has 0 saturated heterocycles. The van der Waals surface area contributed by atoms with E-state index in [1.165, 1.54) is 24.3 Å². The number of aromatic nitrogens is 4. The smallest absolute Gasteiger partial charge is 0.360 e. The van der Waals surface area contributed by atoms with Gasteiger partial charge in [0.1, 0.15) is 6.33 Å². The molecule has 0 atom stereocenters. The van der Waals surface area contributed by atoms with Crippen molar-refractivity contribution < 1.29 is 14.3 Å². The molecule has 2 heterocycles. The van der Waals surface area contributed by atoms with Crippen LogP contribution in [0.15, 0.2) is 12.5 Å². The van der Waals surface area contributed by atoms with E-state index in [2.05, 4.69) is 19.8 Å². The van der Waals surface area contributed by atoms with Gasteiger partial charge in [-0.2, -0.15) is 5.10 Å². The van der Waals surface area contributed by atoms with Crippen molar-refractivity contribution in [3.05, 3.63) is 23.8 Å². The summed E-state index contributed by atoms with van der Waals surface area (Å²) in [4.78, 5) is 19.7. The van der Waals surface area contributed by atoms with Gasteiger partial charge in [-0.1, -0.05) is 0 Å². The lowest BCUT2D eigenvalue weighted by Gasteiger charge is -2.08. The minimum atomic E-state index is -0.599. The summed E-state index contributed by atoms with van der Waals surface area (Å²) in [5.41, 5.74) is 6.71. The van der Waals surface area contributed by atoms with E-state index < -0.39 is 5.97 Å². The number of methoxy groups -OCH3 is 1. The number of carbonyl (C=O) groups is 1. The molecule has 0 aromatic carbocycles. The van der Waals surface area contributed by atoms with Gasteiger partial charge in [-0.25, -0.2) is 19.4 Å². The SMILES string of the molecule is CCOc1ncnc(-n2cc(N)c(C(=O)OC)n2)c1C. The van der Waals surface area contributed by atoms with Gasteiger partial charge in [0, 0.05) is 0 Å². The molecule has 0 amide bonds. The zero-order valence-corrected chi connectivity index (χ0v) is 11.5.